The molecule has 2 aromatic carbocycles. The summed E-state index contributed by atoms with van der Waals surface area (Å²) in [5.74, 6) is 0.345. The molecule has 0 atom stereocenters. The standard InChI is InChI=1S/C23H22ClN3O2/c1-16-20-13-19(24)7-8-21(20)29-22(16)23(28)27-10-2-9-26(11-12-27)15-18-5-3-17(14-25)4-6-18/h3-8,13H,2,9-12,15H2,1H3. The molecule has 1 saturated heterocycles. The Labute approximate surface area is 175 Å². The van der Waals surface area contributed by atoms with E-state index in [4.69, 9.17) is 21.3 Å². The number of carbonyl (C=O) groups is 1. The van der Waals surface area contributed by atoms with Gasteiger partial charge in [0.25, 0.3) is 5.91 Å². The Hall–Kier alpha value is -2.81. The molecule has 0 unspecified atom stereocenters. The zero-order chi connectivity index (χ0) is 20.4. The molecular formula is C23H22ClN3O2. The average Bonchev–Trinajstić information content (AvgIpc) is 2.90. The minimum atomic E-state index is -0.0601. The van der Waals surface area contributed by atoms with Crippen LogP contribution in [-0.2, 0) is 6.54 Å². The molecular weight excluding hydrogens is 386 g/mol. The summed E-state index contributed by atoms with van der Waals surface area (Å²) in [7, 11) is 0. The minimum Gasteiger partial charge on any atom is -0.451 e. The first kappa shape index (κ1) is 19.5. The highest BCUT2D eigenvalue weighted by Crippen LogP contribution is 2.29. The maximum absolute atomic E-state index is 13.1. The van der Waals surface area contributed by atoms with Crippen LogP contribution in [0.1, 0.15) is 33.7 Å². The van der Waals surface area contributed by atoms with Gasteiger partial charge in [-0.3, -0.25) is 9.69 Å². The Balaban J connectivity index is 1.44. The lowest BCUT2D eigenvalue weighted by atomic mass is 10.1. The molecule has 5 nitrogen and oxygen atoms in total. The third-order valence-electron chi connectivity index (χ3n) is 5.46. The van der Waals surface area contributed by atoms with Gasteiger partial charge >= 0.3 is 0 Å². The van der Waals surface area contributed by atoms with Crippen LogP contribution >= 0.6 is 11.6 Å². The first-order valence-corrected chi connectivity index (χ1v) is 10.1. The Kier molecular flexibility index (Phi) is 5.57. The van der Waals surface area contributed by atoms with Crippen molar-refractivity contribution in [2.75, 3.05) is 26.2 Å². The summed E-state index contributed by atoms with van der Waals surface area (Å²) in [6.45, 7) is 5.82. The van der Waals surface area contributed by atoms with E-state index in [2.05, 4.69) is 11.0 Å². The molecule has 148 valence electrons. The second kappa shape index (κ2) is 8.28. The zero-order valence-corrected chi connectivity index (χ0v) is 17.1. The predicted molar refractivity (Wildman–Crippen MR) is 113 cm³/mol. The Morgan fingerprint density at radius 3 is 2.69 bits per heavy atom. The van der Waals surface area contributed by atoms with E-state index in [-0.39, 0.29) is 5.91 Å². The molecule has 3 aromatic rings. The summed E-state index contributed by atoms with van der Waals surface area (Å²) in [5.41, 5.74) is 3.37. The van der Waals surface area contributed by atoms with Crippen molar-refractivity contribution in [2.45, 2.75) is 19.9 Å². The Morgan fingerprint density at radius 1 is 1.14 bits per heavy atom. The molecule has 0 aliphatic carbocycles. The molecule has 1 amide bonds. The smallest absolute Gasteiger partial charge is 0.289 e. The van der Waals surface area contributed by atoms with Crippen molar-refractivity contribution < 1.29 is 9.21 Å². The molecule has 2 heterocycles. The van der Waals surface area contributed by atoms with Crippen molar-refractivity contribution >= 4 is 28.5 Å². The summed E-state index contributed by atoms with van der Waals surface area (Å²) in [6.07, 6.45) is 0.910. The van der Waals surface area contributed by atoms with E-state index in [1.165, 1.54) is 5.56 Å². The molecule has 6 heteroatoms. The fraction of sp³-hybridized carbons (Fsp3) is 0.304. The number of furan rings is 1. The van der Waals surface area contributed by atoms with E-state index in [0.717, 1.165) is 37.0 Å². The van der Waals surface area contributed by atoms with E-state index < -0.39 is 0 Å². The molecule has 0 spiro atoms. The monoisotopic (exact) mass is 407 g/mol. The van der Waals surface area contributed by atoms with Gasteiger partial charge in [0.15, 0.2) is 5.76 Å². The van der Waals surface area contributed by atoms with E-state index in [0.29, 0.717) is 35.0 Å². The second-order valence-corrected chi connectivity index (χ2v) is 7.86. The number of hydrogen-bond donors (Lipinski definition) is 0. The van der Waals surface area contributed by atoms with Gasteiger partial charge in [0, 0.05) is 48.7 Å². The van der Waals surface area contributed by atoms with Gasteiger partial charge in [0.05, 0.1) is 11.6 Å². The first-order valence-electron chi connectivity index (χ1n) is 9.74. The van der Waals surface area contributed by atoms with E-state index in [9.17, 15) is 4.79 Å². The van der Waals surface area contributed by atoms with Crippen LogP contribution in [0.25, 0.3) is 11.0 Å². The number of aryl methyl sites for hydroxylation is 1. The molecule has 1 aromatic heterocycles. The Bertz CT molecular complexity index is 1080. The van der Waals surface area contributed by atoms with Crippen LogP contribution in [0.2, 0.25) is 5.02 Å². The zero-order valence-electron chi connectivity index (χ0n) is 16.3. The summed E-state index contributed by atoms with van der Waals surface area (Å²) in [5, 5.41) is 10.4. The van der Waals surface area contributed by atoms with Crippen molar-refractivity contribution in [3.63, 3.8) is 0 Å². The highest BCUT2D eigenvalue weighted by Gasteiger charge is 2.25. The number of nitriles is 1. The van der Waals surface area contributed by atoms with Gasteiger partial charge in [-0.2, -0.15) is 5.26 Å². The first-order chi connectivity index (χ1) is 14.0. The van der Waals surface area contributed by atoms with Gasteiger partial charge in [-0.15, -0.1) is 0 Å². The molecule has 0 N–H and O–H groups in total. The maximum atomic E-state index is 13.1. The van der Waals surface area contributed by atoms with Crippen molar-refractivity contribution in [1.82, 2.24) is 9.80 Å². The number of nitrogens with zero attached hydrogens (tertiary/aromatic N) is 3. The number of carbonyl (C=O) groups excluding carboxylic acids is 1. The van der Waals surface area contributed by atoms with Crippen LogP contribution in [0.15, 0.2) is 46.9 Å². The average molecular weight is 408 g/mol. The van der Waals surface area contributed by atoms with Crippen molar-refractivity contribution in [3.05, 3.63) is 69.9 Å². The van der Waals surface area contributed by atoms with Gasteiger partial charge in [-0.05, 0) is 49.2 Å². The lowest BCUT2D eigenvalue weighted by Crippen LogP contribution is -2.35. The SMILES string of the molecule is Cc1c(C(=O)N2CCCN(Cc3ccc(C#N)cc3)CC2)oc2ccc(Cl)cc12. The third kappa shape index (κ3) is 4.14. The fourth-order valence-corrected chi connectivity index (χ4v) is 3.99. The Morgan fingerprint density at radius 2 is 1.93 bits per heavy atom. The summed E-state index contributed by atoms with van der Waals surface area (Å²) in [4.78, 5) is 17.3. The third-order valence-corrected chi connectivity index (χ3v) is 5.69. The molecule has 1 aliphatic rings. The topological polar surface area (TPSA) is 60.5 Å². The maximum Gasteiger partial charge on any atom is 0.289 e. The molecule has 0 radical (unpaired) electrons. The molecule has 0 bridgehead atoms. The van der Waals surface area contributed by atoms with Crippen molar-refractivity contribution in [3.8, 4) is 6.07 Å². The second-order valence-electron chi connectivity index (χ2n) is 7.43. The van der Waals surface area contributed by atoms with Gasteiger partial charge < -0.3 is 9.32 Å². The van der Waals surface area contributed by atoms with Crippen LogP contribution in [0.3, 0.4) is 0 Å². The number of hydrogen-bond acceptors (Lipinski definition) is 4. The van der Waals surface area contributed by atoms with Crippen molar-refractivity contribution in [1.29, 1.82) is 5.26 Å². The minimum absolute atomic E-state index is 0.0601. The molecule has 1 aliphatic heterocycles. The largest absolute Gasteiger partial charge is 0.451 e. The van der Waals surface area contributed by atoms with E-state index in [1.54, 1.807) is 6.07 Å². The lowest BCUT2D eigenvalue weighted by molar-refractivity contribution is 0.0730. The molecule has 4 rings (SSSR count). The van der Waals surface area contributed by atoms with Crippen molar-refractivity contribution in [2.24, 2.45) is 0 Å². The van der Waals surface area contributed by atoms with Crippen LogP contribution in [-0.4, -0.2) is 41.9 Å². The van der Waals surface area contributed by atoms with Gasteiger partial charge in [0.1, 0.15) is 5.58 Å². The number of halogens is 1. The van der Waals surface area contributed by atoms with Crippen LogP contribution in [0.5, 0.6) is 0 Å². The molecule has 1 fully saturated rings. The predicted octanol–water partition coefficient (Wildman–Crippen LogP) is 4.61. The number of fused-ring (bicyclic) bond motifs is 1. The molecule has 29 heavy (non-hydrogen) atoms. The van der Waals surface area contributed by atoms with E-state index in [1.807, 2.05) is 48.2 Å². The van der Waals surface area contributed by atoms with Crippen LogP contribution in [0.4, 0.5) is 0 Å². The highest BCUT2D eigenvalue weighted by atomic mass is 35.5. The fourth-order valence-electron chi connectivity index (χ4n) is 3.82. The number of amides is 1. The highest BCUT2D eigenvalue weighted by molar-refractivity contribution is 6.31. The normalized spacial score (nSPS) is 15.3. The summed E-state index contributed by atoms with van der Waals surface area (Å²) < 4.78 is 5.86. The van der Waals surface area contributed by atoms with Gasteiger partial charge in [-0.1, -0.05) is 23.7 Å². The molecule has 0 saturated carbocycles. The quantitative estimate of drug-likeness (QED) is 0.635. The van der Waals surface area contributed by atoms with Gasteiger partial charge in [0.2, 0.25) is 0 Å². The van der Waals surface area contributed by atoms with Crippen LogP contribution < -0.4 is 0 Å². The lowest BCUT2D eigenvalue weighted by Gasteiger charge is -2.21. The summed E-state index contributed by atoms with van der Waals surface area (Å²) in [6, 6.07) is 15.3. The number of rotatable bonds is 3. The van der Waals surface area contributed by atoms with Gasteiger partial charge in [-0.25, -0.2) is 0 Å². The number of benzene rings is 2. The van der Waals surface area contributed by atoms with E-state index >= 15 is 0 Å². The van der Waals surface area contributed by atoms with Crippen LogP contribution in [0, 0.1) is 18.3 Å². The summed E-state index contributed by atoms with van der Waals surface area (Å²) >= 11 is 6.09.